The van der Waals surface area contributed by atoms with Crippen LogP contribution in [-0.2, 0) is 22.6 Å². The first kappa shape index (κ1) is 26.8. The van der Waals surface area contributed by atoms with E-state index in [9.17, 15) is 9.59 Å². The predicted octanol–water partition coefficient (Wildman–Crippen LogP) is 2.96. The first-order chi connectivity index (χ1) is 18.0. The van der Waals surface area contributed by atoms with Gasteiger partial charge in [0.05, 0.1) is 0 Å². The van der Waals surface area contributed by atoms with Gasteiger partial charge in [-0.05, 0) is 23.3 Å². The van der Waals surface area contributed by atoms with E-state index in [1.807, 2.05) is 30.3 Å². The Morgan fingerprint density at radius 1 is 0.703 bits per heavy atom. The molecule has 2 heterocycles. The van der Waals surface area contributed by atoms with Crippen molar-refractivity contribution in [3.05, 3.63) is 65.7 Å². The van der Waals surface area contributed by atoms with E-state index in [-0.39, 0.29) is 18.8 Å². The van der Waals surface area contributed by atoms with Crippen LogP contribution in [0, 0.1) is 0 Å². The van der Waals surface area contributed by atoms with E-state index < -0.39 is 0 Å². The van der Waals surface area contributed by atoms with Crippen LogP contribution in [0.1, 0.15) is 11.1 Å². The standard InChI is InChI=1S/C28H39N5O4/c1-29(2)26-10-8-24(9-11-26)22-31-14-12-30(13-15-31)20-21-36-27(34)32-16-18-33(19-17-32)28(35)37-23-25-6-4-3-5-7-25/h3-11H,12-23H2,1-2H3. The first-order valence-electron chi connectivity index (χ1n) is 13.1. The lowest BCUT2D eigenvalue weighted by molar-refractivity contribution is 0.0501. The van der Waals surface area contributed by atoms with Crippen molar-refractivity contribution in [1.29, 1.82) is 0 Å². The number of amides is 2. The molecule has 2 aliphatic heterocycles. The Morgan fingerprint density at radius 2 is 1.27 bits per heavy atom. The van der Waals surface area contributed by atoms with Gasteiger partial charge in [-0.3, -0.25) is 9.80 Å². The second-order valence-corrected chi connectivity index (χ2v) is 9.81. The summed E-state index contributed by atoms with van der Waals surface area (Å²) in [7, 11) is 4.11. The van der Waals surface area contributed by atoms with E-state index in [0.717, 1.165) is 44.8 Å². The van der Waals surface area contributed by atoms with Gasteiger partial charge in [0.1, 0.15) is 13.2 Å². The Labute approximate surface area is 220 Å². The molecule has 0 N–H and O–H groups in total. The molecule has 0 saturated carbocycles. The summed E-state index contributed by atoms with van der Waals surface area (Å²) in [6.45, 7) is 8.08. The largest absolute Gasteiger partial charge is 0.448 e. The summed E-state index contributed by atoms with van der Waals surface area (Å²) in [4.78, 5) is 35.0. The maximum atomic E-state index is 12.5. The Balaban J connectivity index is 1.07. The van der Waals surface area contributed by atoms with E-state index in [4.69, 9.17) is 9.47 Å². The average molecular weight is 510 g/mol. The number of hydrogen-bond donors (Lipinski definition) is 0. The molecule has 0 atom stereocenters. The average Bonchev–Trinajstić information content (AvgIpc) is 2.93. The number of benzene rings is 2. The lowest BCUT2D eigenvalue weighted by atomic mass is 10.1. The van der Waals surface area contributed by atoms with E-state index >= 15 is 0 Å². The number of hydrogen-bond acceptors (Lipinski definition) is 7. The number of rotatable bonds is 8. The fraction of sp³-hybridized carbons (Fsp3) is 0.500. The number of carbonyl (C=O) groups is 2. The molecular formula is C28H39N5O4. The molecule has 200 valence electrons. The molecule has 0 aliphatic carbocycles. The zero-order valence-corrected chi connectivity index (χ0v) is 22.1. The Hall–Kier alpha value is -3.30. The van der Waals surface area contributed by atoms with E-state index in [1.165, 1.54) is 11.3 Å². The Kier molecular flexibility index (Phi) is 9.62. The van der Waals surface area contributed by atoms with Gasteiger partial charge in [-0.15, -0.1) is 0 Å². The van der Waals surface area contributed by atoms with Crippen molar-refractivity contribution in [2.75, 3.05) is 84.5 Å². The SMILES string of the molecule is CN(C)c1ccc(CN2CCN(CCOC(=O)N3CCN(C(=O)OCc4ccccc4)CC3)CC2)cc1. The lowest BCUT2D eigenvalue weighted by Crippen LogP contribution is -2.51. The second-order valence-electron chi connectivity index (χ2n) is 9.81. The molecule has 9 heteroatoms. The van der Waals surface area contributed by atoms with Crippen LogP contribution < -0.4 is 4.90 Å². The highest BCUT2D eigenvalue weighted by molar-refractivity contribution is 5.70. The van der Waals surface area contributed by atoms with Crippen LogP contribution in [0.5, 0.6) is 0 Å². The van der Waals surface area contributed by atoms with Crippen LogP contribution in [0.2, 0.25) is 0 Å². The van der Waals surface area contributed by atoms with Crippen molar-refractivity contribution in [2.45, 2.75) is 13.2 Å². The molecule has 2 saturated heterocycles. The lowest BCUT2D eigenvalue weighted by Gasteiger charge is -2.35. The zero-order chi connectivity index (χ0) is 26.0. The number of anilines is 1. The molecule has 0 aromatic heterocycles. The van der Waals surface area contributed by atoms with Crippen LogP contribution in [-0.4, -0.2) is 111 Å². The molecule has 9 nitrogen and oxygen atoms in total. The van der Waals surface area contributed by atoms with Gasteiger partial charge in [0.2, 0.25) is 0 Å². The minimum atomic E-state index is -0.346. The molecule has 0 bridgehead atoms. The molecule has 2 fully saturated rings. The van der Waals surface area contributed by atoms with Gasteiger partial charge in [0.15, 0.2) is 0 Å². The fourth-order valence-electron chi connectivity index (χ4n) is 4.56. The third kappa shape index (κ3) is 8.10. The van der Waals surface area contributed by atoms with Gasteiger partial charge in [-0.25, -0.2) is 9.59 Å². The highest BCUT2D eigenvalue weighted by Crippen LogP contribution is 2.15. The van der Waals surface area contributed by atoms with Crippen molar-refractivity contribution in [2.24, 2.45) is 0 Å². The minimum absolute atomic E-state index is 0.250. The number of nitrogens with zero attached hydrogens (tertiary/aromatic N) is 5. The highest BCUT2D eigenvalue weighted by Gasteiger charge is 2.26. The molecule has 37 heavy (non-hydrogen) atoms. The van der Waals surface area contributed by atoms with E-state index in [0.29, 0.717) is 32.8 Å². The van der Waals surface area contributed by atoms with Crippen LogP contribution in [0.4, 0.5) is 15.3 Å². The summed E-state index contributed by atoms with van der Waals surface area (Å²) in [6, 6.07) is 18.3. The quantitative estimate of drug-likeness (QED) is 0.542. The van der Waals surface area contributed by atoms with E-state index in [2.05, 4.69) is 53.1 Å². The van der Waals surface area contributed by atoms with Gasteiger partial charge >= 0.3 is 12.2 Å². The maximum Gasteiger partial charge on any atom is 0.410 e. The monoisotopic (exact) mass is 509 g/mol. The third-order valence-electron chi connectivity index (χ3n) is 6.96. The summed E-state index contributed by atoms with van der Waals surface area (Å²) < 4.78 is 10.9. The van der Waals surface area contributed by atoms with Crippen molar-refractivity contribution < 1.29 is 19.1 Å². The molecule has 2 aromatic rings. The van der Waals surface area contributed by atoms with Crippen LogP contribution in [0.3, 0.4) is 0 Å². The molecule has 0 spiro atoms. The van der Waals surface area contributed by atoms with Crippen molar-refractivity contribution in [3.8, 4) is 0 Å². The van der Waals surface area contributed by atoms with E-state index in [1.54, 1.807) is 9.80 Å². The molecule has 2 aliphatic rings. The smallest absolute Gasteiger partial charge is 0.410 e. The summed E-state index contributed by atoms with van der Waals surface area (Å²) in [6.07, 6.45) is -0.654. The van der Waals surface area contributed by atoms with Gasteiger partial charge in [-0.2, -0.15) is 0 Å². The number of piperazine rings is 2. The Morgan fingerprint density at radius 3 is 1.86 bits per heavy atom. The molecule has 4 rings (SSSR count). The molecule has 0 unspecified atom stereocenters. The maximum absolute atomic E-state index is 12.5. The third-order valence-corrected chi connectivity index (χ3v) is 6.96. The summed E-state index contributed by atoms with van der Waals surface area (Å²) in [5, 5.41) is 0. The highest BCUT2D eigenvalue weighted by atomic mass is 16.6. The van der Waals surface area contributed by atoms with Crippen LogP contribution in [0.15, 0.2) is 54.6 Å². The van der Waals surface area contributed by atoms with Crippen molar-refractivity contribution in [3.63, 3.8) is 0 Å². The fourth-order valence-corrected chi connectivity index (χ4v) is 4.56. The zero-order valence-electron chi connectivity index (χ0n) is 22.1. The number of ether oxygens (including phenoxy) is 2. The van der Waals surface area contributed by atoms with Gasteiger partial charge < -0.3 is 24.2 Å². The summed E-state index contributed by atoms with van der Waals surface area (Å²) in [5.74, 6) is 0. The minimum Gasteiger partial charge on any atom is -0.448 e. The molecule has 0 radical (unpaired) electrons. The van der Waals surface area contributed by atoms with Crippen molar-refractivity contribution >= 4 is 17.9 Å². The van der Waals surface area contributed by atoms with Gasteiger partial charge in [0, 0.05) is 85.2 Å². The molecule has 2 aromatic carbocycles. The second kappa shape index (κ2) is 13.3. The molecular weight excluding hydrogens is 470 g/mol. The number of carbonyl (C=O) groups excluding carboxylic acids is 2. The van der Waals surface area contributed by atoms with Crippen LogP contribution in [0.25, 0.3) is 0 Å². The first-order valence-corrected chi connectivity index (χ1v) is 13.1. The predicted molar refractivity (Wildman–Crippen MR) is 144 cm³/mol. The molecule has 2 amide bonds. The van der Waals surface area contributed by atoms with Gasteiger partial charge in [0.25, 0.3) is 0 Å². The van der Waals surface area contributed by atoms with Crippen molar-refractivity contribution in [1.82, 2.24) is 19.6 Å². The summed E-state index contributed by atoms with van der Waals surface area (Å²) >= 11 is 0. The van der Waals surface area contributed by atoms with Gasteiger partial charge in [-0.1, -0.05) is 42.5 Å². The normalized spacial score (nSPS) is 16.9. The summed E-state index contributed by atoms with van der Waals surface area (Å²) in [5.41, 5.74) is 3.50. The topological polar surface area (TPSA) is 68.8 Å². The van der Waals surface area contributed by atoms with Crippen LogP contribution >= 0.6 is 0 Å². The Bertz CT molecular complexity index is 985.